The van der Waals surface area contributed by atoms with Crippen molar-refractivity contribution in [3.8, 4) is 5.75 Å². The smallest absolute Gasteiger partial charge is 0.335 e. The molecular weight excluding hydrogens is 623 g/mol. The Balaban J connectivity index is 1.66. The molecule has 0 radical (unpaired) electrons. The minimum atomic E-state index is -0.825. The van der Waals surface area contributed by atoms with Crippen LogP contribution < -0.4 is 15.0 Å². The normalized spacial score (nSPS) is 15.1. The Morgan fingerprint density at radius 1 is 1.00 bits per heavy atom. The Hall–Kier alpha value is -2.69. The molecular formula is C24H15BrClIN2O4. The van der Waals surface area contributed by atoms with E-state index in [2.05, 4.69) is 43.8 Å². The topological polar surface area (TPSA) is 75.7 Å². The van der Waals surface area contributed by atoms with E-state index in [1.54, 1.807) is 30.3 Å². The van der Waals surface area contributed by atoms with Gasteiger partial charge >= 0.3 is 6.03 Å². The van der Waals surface area contributed by atoms with Crippen molar-refractivity contribution in [2.45, 2.75) is 6.61 Å². The van der Waals surface area contributed by atoms with Gasteiger partial charge in [-0.25, -0.2) is 9.69 Å². The van der Waals surface area contributed by atoms with Crippen LogP contribution in [0.4, 0.5) is 10.5 Å². The number of carbonyl (C=O) groups excluding carboxylic acids is 3. The van der Waals surface area contributed by atoms with Crippen LogP contribution in [0.1, 0.15) is 11.1 Å². The van der Waals surface area contributed by atoms with Gasteiger partial charge in [0.15, 0.2) is 0 Å². The number of anilines is 1. The van der Waals surface area contributed by atoms with Crippen molar-refractivity contribution in [3.05, 3.63) is 96.5 Å². The molecule has 0 aromatic heterocycles. The summed E-state index contributed by atoms with van der Waals surface area (Å²) in [5, 5.41) is 2.67. The number of hydrogen-bond donors (Lipinski definition) is 1. The predicted molar refractivity (Wildman–Crippen MR) is 138 cm³/mol. The Morgan fingerprint density at radius 2 is 1.70 bits per heavy atom. The molecule has 9 heteroatoms. The fraction of sp³-hybridized carbons (Fsp3) is 0.0417. The van der Waals surface area contributed by atoms with E-state index in [9.17, 15) is 14.4 Å². The van der Waals surface area contributed by atoms with Crippen molar-refractivity contribution >= 4 is 79.7 Å². The molecule has 166 valence electrons. The molecule has 1 aliphatic rings. The van der Waals surface area contributed by atoms with Crippen molar-refractivity contribution in [3.63, 3.8) is 0 Å². The maximum atomic E-state index is 13.1. The Labute approximate surface area is 216 Å². The Kier molecular flexibility index (Phi) is 7.16. The molecule has 3 aromatic carbocycles. The highest BCUT2D eigenvalue weighted by Crippen LogP contribution is 2.29. The molecule has 4 rings (SSSR count). The molecule has 1 saturated heterocycles. The predicted octanol–water partition coefficient (Wildman–Crippen LogP) is 5.95. The second kappa shape index (κ2) is 10.1. The van der Waals surface area contributed by atoms with Crippen LogP contribution in [-0.2, 0) is 16.2 Å². The van der Waals surface area contributed by atoms with Gasteiger partial charge in [-0.15, -0.1) is 0 Å². The summed E-state index contributed by atoms with van der Waals surface area (Å²) in [6, 6.07) is 18.5. The van der Waals surface area contributed by atoms with Gasteiger partial charge in [-0.3, -0.25) is 14.9 Å². The van der Waals surface area contributed by atoms with Gasteiger partial charge in [0.1, 0.15) is 17.9 Å². The van der Waals surface area contributed by atoms with Crippen LogP contribution in [0.3, 0.4) is 0 Å². The number of urea groups is 1. The van der Waals surface area contributed by atoms with E-state index < -0.39 is 17.8 Å². The summed E-state index contributed by atoms with van der Waals surface area (Å²) in [6.07, 6.45) is 1.42. The molecule has 0 saturated carbocycles. The minimum absolute atomic E-state index is 0.193. The SMILES string of the molecule is O=C1NC(=O)N(c2ccc(Cl)cc2)C(=O)/C1=C/c1cc(Br)ccc1OCc1ccc(I)cc1. The second-order valence-electron chi connectivity index (χ2n) is 7.03. The van der Waals surface area contributed by atoms with E-state index >= 15 is 0 Å². The van der Waals surface area contributed by atoms with E-state index in [0.717, 1.165) is 18.5 Å². The highest BCUT2D eigenvalue weighted by molar-refractivity contribution is 14.1. The highest BCUT2D eigenvalue weighted by atomic mass is 127. The van der Waals surface area contributed by atoms with E-state index in [-0.39, 0.29) is 5.57 Å². The van der Waals surface area contributed by atoms with E-state index in [1.807, 2.05) is 24.3 Å². The number of nitrogens with zero attached hydrogens (tertiary/aromatic N) is 1. The zero-order valence-electron chi connectivity index (χ0n) is 16.8. The number of imide groups is 2. The lowest BCUT2D eigenvalue weighted by Gasteiger charge is -2.26. The maximum absolute atomic E-state index is 13.1. The summed E-state index contributed by atoms with van der Waals surface area (Å²) in [4.78, 5) is 38.9. The van der Waals surface area contributed by atoms with Crippen molar-refractivity contribution in [1.29, 1.82) is 0 Å². The zero-order valence-corrected chi connectivity index (χ0v) is 21.3. The van der Waals surface area contributed by atoms with Crippen LogP contribution in [-0.4, -0.2) is 17.8 Å². The van der Waals surface area contributed by atoms with E-state index in [0.29, 0.717) is 28.6 Å². The van der Waals surface area contributed by atoms with Crippen LogP contribution in [0.25, 0.3) is 6.08 Å². The first-order chi connectivity index (χ1) is 15.8. The van der Waals surface area contributed by atoms with Crippen LogP contribution in [0.15, 0.2) is 76.8 Å². The van der Waals surface area contributed by atoms with Crippen molar-refractivity contribution in [2.24, 2.45) is 0 Å². The number of halogens is 3. The molecule has 0 spiro atoms. The average molecular weight is 638 g/mol. The Morgan fingerprint density at radius 3 is 2.39 bits per heavy atom. The van der Waals surface area contributed by atoms with Gasteiger partial charge in [-0.2, -0.15) is 0 Å². The van der Waals surface area contributed by atoms with Gasteiger partial charge in [-0.05, 0) is 88.8 Å². The molecule has 3 aromatic rings. The number of carbonyl (C=O) groups is 3. The average Bonchev–Trinajstić information content (AvgIpc) is 2.78. The second-order valence-corrected chi connectivity index (χ2v) is 9.63. The first-order valence-corrected chi connectivity index (χ1v) is 11.9. The number of nitrogens with one attached hydrogen (secondary N) is 1. The molecule has 1 fully saturated rings. The first kappa shape index (κ1) is 23.5. The summed E-state index contributed by atoms with van der Waals surface area (Å²) in [5.74, 6) is -1.03. The largest absolute Gasteiger partial charge is 0.488 e. The lowest BCUT2D eigenvalue weighted by molar-refractivity contribution is -0.122. The lowest BCUT2D eigenvalue weighted by atomic mass is 10.1. The number of barbiturate groups is 1. The van der Waals surface area contributed by atoms with Crippen LogP contribution in [0.2, 0.25) is 5.02 Å². The summed E-state index contributed by atoms with van der Waals surface area (Å²) >= 11 is 11.6. The number of amides is 4. The molecule has 1 aliphatic heterocycles. The third-order valence-electron chi connectivity index (χ3n) is 4.77. The summed E-state index contributed by atoms with van der Waals surface area (Å²) in [5.41, 5.74) is 1.59. The number of benzene rings is 3. The first-order valence-electron chi connectivity index (χ1n) is 9.65. The number of hydrogen-bond acceptors (Lipinski definition) is 4. The number of rotatable bonds is 5. The van der Waals surface area contributed by atoms with Crippen molar-refractivity contribution in [2.75, 3.05) is 4.90 Å². The Bertz CT molecular complexity index is 1280. The minimum Gasteiger partial charge on any atom is -0.488 e. The lowest BCUT2D eigenvalue weighted by Crippen LogP contribution is -2.54. The monoisotopic (exact) mass is 636 g/mol. The third kappa shape index (κ3) is 5.45. The molecule has 1 heterocycles. The highest BCUT2D eigenvalue weighted by Gasteiger charge is 2.37. The van der Waals surface area contributed by atoms with Gasteiger partial charge in [0.25, 0.3) is 11.8 Å². The molecule has 0 bridgehead atoms. The molecule has 0 atom stereocenters. The maximum Gasteiger partial charge on any atom is 0.335 e. The van der Waals surface area contributed by atoms with Gasteiger partial charge < -0.3 is 4.74 Å². The summed E-state index contributed by atoms with van der Waals surface area (Å²) < 4.78 is 7.83. The zero-order chi connectivity index (χ0) is 23.5. The molecule has 4 amide bonds. The molecule has 33 heavy (non-hydrogen) atoms. The fourth-order valence-corrected chi connectivity index (χ4v) is 4.01. The van der Waals surface area contributed by atoms with Gasteiger partial charge in [0, 0.05) is 18.6 Å². The van der Waals surface area contributed by atoms with Crippen molar-refractivity contribution in [1.82, 2.24) is 5.32 Å². The molecule has 1 N–H and O–H groups in total. The number of ether oxygens (including phenoxy) is 1. The summed E-state index contributed by atoms with van der Waals surface area (Å²) in [7, 11) is 0. The van der Waals surface area contributed by atoms with Gasteiger partial charge in [-0.1, -0.05) is 39.7 Å². The summed E-state index contributed by atoms with van der Waals surface area (Å²) in [6.45, 7) is 0.310. The van der Waals surface area contributed by atoms with Crippen LogP contribution in [0, 0.1) is 3.57 Å². The van der Waals surface area contributed by atoms with Gasteiger partial charge in [0.2, 0.25) is 0 Å². The third-order valence-corrected chi connectivity index (χ3v) is 6.23. The standard InChI is InChI=1S/C24H15BrClIN2O4/c25-16-3-10-21(33-13-14-1-6-18(27)7-2-14)15(11-16)12-20-22(30)28-24(32)29(23(20)31)19-8-4-17(26)5-9-19/h1-12H,13H2,(H,28,30,32)/b20-12+. The quantitative estimate of drug-likeness (QED) is 0.213. The van der Waals surface area contributed by atoms with Crippen LogP contribution >= 0.6 is 50.1 Å². The fourth-order valence-electron chi connectivity index (χ4n) is 3.14. The molecule has 0 unspecified atom stereocenters. The molecule has 6 nitrogen and oxygen atoms in total. The van der Waals surface area contributed by atoms with E-state index in [1.165, 1.54) is 18.2 Å². The van der Waals surface area contributed by atoms with Crippen LogP contribution in [0.5, 0.6) is 5.75 Å². The molecule has 0 aliphatic carbocycles. The van der Waals surface area contributed by atoms with E-state index in [4.69, 9.17) is 16.3 Å². The van der Waals surface area contributed by atoms with Crippen molar-refractivity contribution < 1.29 is 19.1 Å². The van der Waals surface area contributed by atoms with Gasteiger partial charge in [0.05, 0.1) is 5.69 Å².